The predicted octanol–water partition coefficient (Wildman–Crippen LogP) is 2.19. The summed E-state index contributed by atoms with van der Waals surface area (Å²) in [6.07, 6.45) is 0. The first-order chi connectivity index (χ1) is 7.41. The van der Waals surface area contributed by atoms with Gasteiger partial charge in [-0.05, 0) is 31.9 Å². The van der Waals surface area contributed by atoms with Crippen LogP contribution in [0, 0.1) is 12.3 Å². The molecular formula is C13H19NO2. The highest BCUT2D eigenvalue weighted by Gasteiger charge is 2.36. The van der Waals surface area contributed by atoms with Crippen LogP contribution < -0.4 is 5.73 Å². The molecule has 0 aromatic heterocycles. The Morgan fingerprint density at radius 2 is 1.94 bits per heavy atom. The average molecular weight is 221 g/mol. The van der Waals surface area contributed by atoms with E-state index in [0.29, 0.717) is 0 Å². The van der Waals surface area contributed by atoms with E-state index in [1.165, 1.54) is 7.11 Å². The summed E-state index contributed by atoms with van der Waals surface area (Å²) in [4.78, 5) is 11.7. The summed E-state index contributed by atoms with van der Waals surface area (Å²) in [6.45, 7) is 5.59. The summed E-state index contributed by atoms with van der Waals surface area (Å²) in [5.41, 5.74) is 7.50. The van der Waals surface area contributed by atoms with Gasteiger partial charge in [-0.2, -0.15) is 0 Å². The van der Waals surface area contributed by atoms with E-state index in [1.807, 2.05) is 31.2 Å². The van der Waals surface area contributed by atoms with E-state index >= 15 is 0 Å². The van der Waals surface area contributed by atoms with Crippen LogP contribution in [0.4, 0.5) is 0 Å². The van der Waals surface area contributed by atoms with Gasteiger partial charge in [-0.1, -0.05) is 24.3 Å². The summed E-state index contributed by atoms with van der Waals surface area (Å²) in [5, 5.41) is 0. The van der Waals surface area contributed by atoms with Crippen molar-refractivity contribution in [3.63, 3.8) is 0 Å². The van der Waals surface area contributed by atoms with Crippen molar-refractivity contribution in [3.05, 3.63) is 35.4 Å². The Morgan fingerprint density at radius 1 is 1.38 bits per heavy atom. The highest BCUT2D eigenvalue weighted by atomic mass is 16.5. The van der Waals surface area contributed by atoms with Gasteiger partial charge < -0.3 is 10.5 Å². The molecule has 88 valence electrons. The number of carbonyl (C=O) groups is 1. The molecule has 0 saturated carbocycles. The molecule has 1 aromatic rings. The summed E-state index contributed by atoms with van der Waals surface area (Å²) in [6, 6.07) is 7.46. The monoisotopic (exact) mass is 221 g/mol. The van der Waals surface area contributed by atoms with Gasteiger partial charge in [0.05, 0.1) is 12.5 Å². The van der Waals surface area contributed by atoms with Crippen LogP contribution in [0.15, 0.2) is 24.3 Å². The molecule has 0 aliphatic rings. The third-order valence-corrected chi connectivity index (χ3v) is 3.01. The van der Waals surface area contributed by atoms with E-state index in [1.54, 1.807) is 13.8 Å². The first-order valence-electron chi connectivity index (χ1n) is 5.30. The number of aryl methyl sites for hydroxylation is 1. The molecule has 1 rings (SSSR count). The molecule has 2 N–H and O–H groups in total. The van der Waals surface area contributed by atoms with Crippen molar-refractivity contribution in [1.82, 2.24) is 0 Å². The highest BCUT2D eigenvalue weighted by molar-refractivity contribution is 5.77. The first-order valence-corrected chi connectivity index (χ1v) is 5.30. The van der Waals surface area contributed by atoms with Crippen molar-refractivity contribution in [1.29, 1.82) is 0 Å². The fraction of sp³-hybridized carbons (Fsp3) is 0.462. The van der Waals surface area contributed by atoms with E-state index in [4.69, 9.17) is 10.5 Å². The SMILES string of the molecule is COC(=O)C(C)(C)C(N)c1ccccc1C. The first kappa shape index (κ1) is 12.7. The van der Waals surface area contributed by atoms with Gasteiger partial charge >= 0.3 is 5.97 Å². The van der Waals surface area contributed by atoms with Crippen molar-refractivity contribution in [2.24, 2.45) is 11.1 Å². The van der Waals surface area contributed by atoms with Crippen LogP contribution in [0.5, 0.6) is 0 Å². The number of methoxy groups -OCH3 is 1. The van der Waals surface area contributed by atoms with Gasteiger partial charge in [0.25, 0.3) is 0 Å². The number of hydrogen-bond donors (Lipinski definition) is 1. The lowest BCUT2D eigenvalue weighted by Gasteiger charge is -2.29. The largest absolute Gasteiger partial charge is 0.469 e. The molecule has 0 heterocycles. The minimum atomic E-state index is -0.721. The van der Waals surface area contributed by atoms with Crippen LogP contribution >= 0.6 is 0 Å². The molecule has 3 nitrogen and oxygen atoms in total. The van der Waals surface area contributed by atoms with Crippen LogP contribution in [-0.2, 0) is 9.53 Å². The van der Waals surface area contributed by atoms with E-state index in [9.17, 15) is 4.79 Å². The van der Waals surface area contributed by atoms with Gasteiger partial charge in [0, 0.05) is 6.04 Å². The summed E-state index contributed by atoms with van der Waals surface area (Å²) in [5.74, 6) is -0.289. The smallest absolute Gasteiger partial charge is 0.313 e. The highest BCUT2D eigenvalue weighted by Crippen LogP contribution is 2.33. The lowest BCUT2D eigenvalue weighted by Crippen LogP contribution is -2.37. The zero-order valence-electron chi connectivity index (χ0n) is 10.3. The minimum Gasteiger partial charge on any atom is -0.469 e. The van der Waals surface area contributed by atoms with Crippen LogP contribution in [0.2, 0.25) is 0 Å². The second-order valence-corrected chi connectivity index (χ2v) is 4.55. The Hall–Kier alpha value is -1.35. The van der Waals surface area contributed by atoms with Crippen molar-refractivity contribution in [2.75, 3.05) is 7.11 Å². The van der Waals surface area contributed by atoms with Gasteiger partial charge in [0.2, 0.25) is 0 Å². The Kier molecular flexibility index (Phi) is 3.70. The second kappa shape index (κ2) is 4.66. The number of benzene rings is 1. The topological polar surface area (TPSA) is 52.3 Å². The molecule has 1 unspecified atom stereocenters. The molecule has 0 bridgehead atoms. The molecule has 0 spiro atoms. The van der Waals surface area contributed by atoms with E-state index < -0.39 is 5.41 Å². The normalized spacial score (nSPS) is 13.3. The van der Waals surface area contributed by atoms with Crippen molar-refractivity contribution >= 4 is 5.97 Å². The third kappa shape index (κ3) is 2.25. The molecule has 16 heavy (non-hydrogen) atoms. The molecule has 0 aliphatic carbocycles. The second-order valence-electron chi connectivity index (χ2n) is 4.55. The standard InChI is InChI=1S/C13H19NO2/c1-9-7-5-6-8-10(9)11(14)13(2,3)12(15)16-4/h5-8,11H,14H2,1-4H3. The minimum absolute atomic E-state index is 0.289. The number of carbonyl (C=O) groups excluding carboxylic acids is 1. The van der Waals surface area contributed by atoms with Crippen molar-refractivity contribution < 1.29 is 9.53 Å². The van der Waals surface area contributed by atoms with Crippen LogP contribution in [0.25, 0.3) is 0 Å². The van der Waals surface area contributed by atoms with Crippen LogP contribution in [0.1, 0.15) is 31.0 Å². The molecule has 1 atom stereocenters. The Labute approximate surface area is 96.6 Å². The van der Waals surface area contributed by atoms with Crippen LogP contribution in [-0.4, -0.2) is 13.1 Å². The van der Waals surface area contributed by atoms with Gasteiger partial charge in [0.15, 0.2) is 0 Å². The fourth-order valence-corrected chi connectivity index (χ4v) is 1.71. The number of ether oxygens (including phenoxy) is 1. The summed E-state index contributed by atoms with van der Waals surface area (Å²) >= 11 is 0. The number of hydrogen-bond acceptors (Lipinski definition) is 3. The molecule has 3 heteroatoms. The predicted molar refractivity (Wildman–Crippen MR) is 63.9 cm³/mol. The summed E-state index contributed by atoms with van der Waals surface area (Å²) in [7, 11) is 1.38. The van der Waals surface area contributed by atoms with Crippen LogP contribution in [0.3, 0.4) is 0 Å². The molecule has 0 saturated heterocycles. The van der Waals surface area contributed by atoms with E-state index in [0.717, 1.165) is 11.1 Å². The Bertz CT molecular complexity index is 385. The fourth-order valence-electron chi connectivity index (χ4n) is 1.71. The molecular weight excluding hydrogens is 202 g/mol. The van der Waals surface area contributed by atoms with Gasteiger partial charge in [-0.15, -0.1) is 0 Å². The van der Waals surface area contributed by atoms with Crippen molar-refractivity contribution in [3.8, 4) is 0 Å². The van der Waals surface area contributed by atoms with E-state index in [2.05, 4.69) is 0 Å². The van der Waals surface area contributed by atoms with Gasteiger partial charge in [-0.3, -0.25) is 4.79 Å². The summed E-state index contributed by atoms with van der Waals surface area (Å²) < 4.78 is 4.78. The average Bonchev–Trinajstić information content (AvgIpc) is 2.27. The number of rotatable bonds is 3. The van der Waals surface area contributed by atoms with E-state index in [-0.39, 0.29) is 12.0 Å². The Balaban J connectivity index is 3.07. The number of nitrogens with two attached hydrogens (primary N) is 1. The maximum Gasteiger partial charge on any atom is 0.313 e. The quantitative estimate of drug-likeness (QED) is 0.796. The molecule has 0 radical (unpaired) electrons. The van der Waals surface area contributed by atoms with Crippen molar-refractivity contribution in [2.45, 2.75) is 26.8 Å². The molecule has 0 aliphatic heterocycles. The lowest BCUT2D eigenvalue weighted by atomic mass is 9.80. The zero-order valence-corrected chi connectivity index (χ0v) is 10.3. The third-order valence-electron chi connectivity index (χ3n) is 3.01. The molecule has 0 fully saturated rings. The van der Waals surface area contributed by atoms with Gasteiger partial charge in [0.1, 0.15) is 0 Å². The lowest BCUT2D eigenvalue weighted by molar-refractivity contribution is -0.152. The van der Waals surface area contributed by atoms with Gasteiger partial charge in [-0.25, -0.2) is 0 Å². The zero-order chi connectivity index (χ0) is 12.3. The molecule has 0 amide bonds. The number of esters is 1. The maximum absolute atomic E-state index is 11.7. The molecule has 1 aromatic carbocycles. The Morgan fingerprint density at radius 3 is 2.44 bits per heavy atom. The maximum atomic E-state index is 11.7.